The number of aliphatic imine (C=N–C) groups is 1. The number of carbonyl (C=O) groups excluding carboxylic acids is 1. The zero-order valence-electron chi connectivity index (χ0n) is 22.6. The summed E-state index contributed by atoms with van der Waals surface area (Å²) in [5.74, 6) is 0.208. The third-order valence-electron chi connectivity index (χ3n) is 6.99. The maximum atomic E-state index is 14.5. The van der Waals surface area contributed by atoms with Crippen LogP contribution in [0.15, 0.2) is 111 Å². The first-order chi connectivity index (χ1) is 20.4. The molecule has 9 heteroatoms. The van der Waals surface area contributed by atoms with E-state index in [0.717, 1.165) is 20.1 Å². The molecule has 1 aliphatic rings. The van der Waals surface area contributed by atoms with Crippen molar-refractivity contribution in [2.75, 3.05) is 13.2 Å². The van der Waals surface area contributed by atoms with E-state index in [0.29, 0.717) is 35.8 Å². The van der Waals surface area contributed by atoms with Crippen LogP contribution < -0.4 is 10.1 Å². The molecule has 0 bridgehead atoms. The second-order valence-corrected chi connectivity index (χ2v) is 11.7. The standard InChI is InChI=1S/C33H29Br2FN2O4/c34-26-12-6-22(7-13-26)20-33(32(40)37-21-25-4-1-2-5-29(25)36)30(23-8-14-27(35)15-9-23)42-31(38-33)24-10-16-28(17-11-24)41-19-3-18-39/h1-2,4-17,30,39H,3,18-21H2,(H,37,40)/t30-,33-/m1/s1. The van der Waals surface area contributed by atoms with Gasteiger partial charge >= 0.3 is 0 Å². The van der Waals surface area contributed by atoms with E-state index in [1.54, 1.807) is 30.3 Å². The molecule has 4 aromatic rings. The van der Waals surface area contributed by atoms with Gasteiger partial charge in [-0.1, -0.05) is 74.3 Å². The Hall–Kier alpha value is -3.53. The summed E-state index contributed by atoms with van der Waals surface area (Å²) < 4.78 is 28.5. The molecule has 6 nitrogen and oxygen atoms in total. The molecule has 0 radical (unpaired) electrons. The summed E-state index contributed by atoms with van der Waals surface area (Å²) in [7, 11) is 0. The second-order valence-electron chi connectivity index (χ2n) is 9.92. The lowest BCUT2D eigenvalue weighted by Gasteiger charge is -2.31. The van der Waals surface area contributed by atoms with Gasteiger partial charge < -0.3 is 19.9 Å². The summed E-state index contributed by atoms with van der Waals surface area (Å²) >= 11 is 6.98. The fourth-order valence-corrected chi connectivity index (χ4v) is 5.33. The average Bonchev–Trinajstić information content (AvgIpc) is 3.39. The van der Waals surface area contributed by atoms with Gasteiger partial charge in [-0.3, -0.25) is 4.79 Å². The lowest BCUT2D eigenvalue weighted by molar-refractivity contribution is -0.129. The van der Waals surface area contributed by atoms with Gasteiger partial charge in [-0.2, -0.15) is 0 Å². The number of nitrogens with zero attached hydrogens (tertiary/aromatic N) is 1. The smallest absolute Gasteiger partial charge is 0.252 e. The molecule has 0 aliphatic carbocycles. The highest BCUT2D eigenvalue weighted by atomic mass is 79.9. The summed E-state index contributed by atoms with van der Waals surface area (Å²) in [5.41, 5.74) is 1.34. The van der Waals surface area contributed by atoms with Gasteiger partial charge in [-0.25, -0.2) is 9.38 Å². The summed E-state index contributed by atoms with van der Waals surface area (Å²) in [4.78, 5) is 19.3. The maximum absolute atomic E-state index is 14.5. The van der Waals surface area contributed by atoms with Crippen molar-refractivity contribution in [1.82, 2.24) is 5.32 Å². The van der Waals surface area contributed by atoms with E-state index in [9.17, 15) is 9.18 Å². The van der Waals surface area contributed by atoms with Crippen molar-refractivity contribution in [3.63, 3.8) is 0 Å². The van der Waals surface area contributed by atoms with Crippen LogP contribution in [0.1, 0.15) is 34.8 Å². The fraction of sp³-hybridized carbons (Fsp3) is 0.212. The molecule has 0 unspecified atom stereocenters. The second kappa shape index (κ2) is 13.6. The molecule has 216 valence electrons. The molecule has 42 heavy (non-hydrogen) atoms. The zero-order chi connectivity index (χ0) is 29.5. The van der Waals surface area contributed by atoms with E-state index >= 15 is 0 Å². The van der Waals surface area contributed by atoms with Crippen LogP contribution >= 0.6 is 31.9 Å². The third kappa shape index (κ3) is 6.91. The van der Waals surface area contributed by atoms with Crippen molar-refractivity contribution in [3.05, 3.63) is 134 Å². The van der Waals surface area contributed by atoms with Gasteiger partial charge in [0, 0.05) is 46.1 Å². The topological polar surface area (TPSA) is 80.2 Å². The molecular weight excluding hydrogens is 667 g/mol. The molecule has 1 heterocycles. The van der Waals surface area contributed by atoms with Crippen molar-refractivity contribution in [1.29, 1.82) is 0 Å². The molecule has 2 atom stereocenters. The van der Waals surface area contributed by atoms with Crippen LogP contribution in [0.25, 0.3) is 0 Å². The number of nitrogens with one attached hydrogen (secondary N) is 1. The number of amides is 1. The predicted octanol–water partition coefficient (Wildman–Crippen LogP) is 6.93. The van der Waals surface area contributed by atoms with Gasteiger partial charge in [0.1, 0.15) is 11.6 Å². The van der Waals surface area contributed by atoms with Crippen LogP contribution in [0.2, 0.25) is 0 Å². The average molecular weight is 696 g/mol. The number of benzene rings is 4. The van der Waals surface area contributed by atoms with Crippen LogP contribution in [-0.4, -0.2) is 35.7 Å². The van der Waals surface area contributed by atoms with Gasteiger partial charge in [-0.05, 0) is 65.7 Å². The summed E-state index contributed by atoms with van der Waals surface area (Å²) in [6, 6.07) is 29.0. The number of aliphatic hydroxyl groups is 1. The highest BCUT2D eigenvalue weighted by Gasteiger charge is 2.53. The summed E-state index contributed by atoms with van der Waals surface area (Å²) in [5, 5.41) is 12.0. The van der Waals surface area contributed by atoms with Gasteiger partial charge in [-0.15, -0.1) is 0 Å². The van der Waals surface area contributed by atoms with Crippen LogP contribution in [0.4, 0.5) is 4.39 Å². The number of ether oxygens (including phenoxy) is 2. The van der Waals surface area contributed by atoms with E-state index in [2.05, 4.69) is 37.2 Å². The summed E-state index contributed by atoms with van der Waals surface area (Å²) in [6.07, 6.45) is 0.0218. The Labute approximate surface area is 260 Å². The predicted molar refractivity (Wildman–Crippen MR) is 167 cm³/mol. The minimum Gasteiger partial charge on any atom is -0.494 e. The fourth-order valence-electron chi connectivity index (χ4n) is 4.80. The van der Waals surface area contributed by atoms with Crippen molar-refractivity contribution < 1.29 is 23.8 Å². The summed E-state index contributed by atoms with van der Waals surface area (Å²) in [6.45, 7) is 0.461. The monoisotopic (exact) mass is 694 g/mol. The molecule has 0 saturated heterocycles. The molecule has 2 N–H and O–H groups in total. The molecule has 1 aliphatic heterocycles. The van der Waals surface area contributed by atoms with Gasteiger partial charge in [0.15, 0.2) is 11.6 Å². The highest BCUT2D eigenvalue weighted by molar-refractivity contribution is 9.10. The van der Waals surface area contributed by atoms with Gasteiger partial charge in [0.05, 0.1) is 6.61 Å². The quantitative estimate of drug-likeness (QED) is 0.167. The molecule has 4 aromatic carbocycles. The third-order valence-corrected chi connectivity index (χ3v) is 8.04. The first kappa shape index (κ1) is 29.9. The maximum Gasteiger partial charge on any atom is 0.252 e. The Morgan fingerprint density at radius 3 is 2.29 bits per heavy atom. The number of halogens is 3. The largest absolute Gasteiger partial charge is 0.494 e. The molecule has 0 spiro atoms. The number of hydrogen-bond acceptors (Lipinski definition) is 5. The molecule has 0 saturated carbocycles. The van der Waals surface area contributed by atoms with E-state index in [4.69, 9.17) is 19.6 Å². The SMILES string of the molecule is O=C(NCc1ccccc1F)[C@]1(Cc2ccc(Br)cc2)N=C(c2ccc(OCCCO)cc2)O[C@@H]1c1ccc(Br)cc1. The normalized spacial score (nSPS) is 17.8. The molecule has 5 rings (SSSR count). The molecule has 1 amide bonds. The van der Waals surface area contributed by atoms with Crippen molar-refractivity contribution >= 4 is 43.7 Å². The van der Waals surface area contributed by atoms with E-state index in [-0.39, 0.29) is 25.5 Å². The molecule has 0 fully saturated rings. The lowest BCUT2D eigenvalue weighted by Crippen LogP contribution is -2.49. The Kier molecular flexibility index (Phi) is 9.72. The minimum atomic E-state index is -1.39. The Balaban J connectivity index is 1.55. The van der Waals surface area contributed by atoms with Crippen molar-refractivity contribution in [2.45, 2.75) is 31.0 Å². The van der Waals surface area contributed by atoms with Crippen LogP contribution in [0, 0.1) is 5.82 Å². The number of rotatable bonds is 11. The van der Waals surface area contributed by atoms with Crippen LogP contribution in [-0.2, 0) is 22.5 Å². The molecule has 0 aromatic heterocycles. The Morgan fingerprint density at radius 2 is 1.62 bits per heavy atom. The van der Waals surface area contributed by atoms with Gasteiger partial charge in [0.2, 0.25) is 5.90 Å². The lowest BCUT2D eigenvalue weighted by atomic mass is 9.82. The van der Waals surface area contributed by atoms with E-state index < -0.39 is 17.5 Å². The molecular formula is C33H29Br2FN2O4. The Bertz CT molecular complexity index is 1550. The number of aliphatic hydroxyl groups excluding tert-OH is 1. The van der Waals surface area contributed by atoms with Crippen LogP contribution in [0.3, 0.4) is 0 Å². The highest BCUT2D eigenvalue weighted by Crippen LogP contribution is 2.43. The number of hydrogen-bond donors (Lipinski definition) is 2. The van der Waals surface area contributed by atoms with Crippen molar-refractivity contribution in [3.8, 4) is 5.75 Å². The van der Waals surface area contributed by atoms with E-state index in [1.165, 1.54) is 6.07 Å². The van der Waals surface area contributed by atoms with Crippen LogP contribution in [0.5, 0.6) is 5.75 Å². The Morgan fingerprint density at radius 1 is 0.952 bits per heavy atom. The van der Waals surface area contributed by atoms with Gasteiger partial charge in [0.25, 0.3) is 5.91 Å². The van der Waals surface area contributed by atoms with Crippen molar-refractivity contribution in [2.24, 2.45) is 4.99 Å². The minimum absolute atomic E-state index is 0.00534. The van der Waals surface area contributed by atoms with E-state index in [1.807, 2.05) is 60.7 Å². The first-order valence-electron chi connectivity index (χ1n) is 13.5. The number of carbonyl (C=O) groups is 1. The first-order valence-corrected chi connectivity index (χ1v) is 15.1. The zero-order valence-corrected chi connectivity index (χ0v) is 25.8.